The van der Waals surface area contributed by atoms with E-state index in [0.29, 0.717) is 11.6 Å². The molecule has 0 aliphatic rings. The molecule has 3 aromatic rings. The summed E-state index contributed by atoms with van der Waals surface area (Å²) < 4.78 is 4.76. The lowest BCUT2D eigenvalue weighted by Gasteiger charge is -2.15. The molecule has 1 amide bonds. The van der Waals surface area contributed by atoms with Crippen molar-refractivity contribution in [1.29, 1.82) is 0 Å². The molecule has 2 aromatic carbocycles. The van der Waals surface area contributed by atoms with Crippen LogP contribution >= 0.6 is 0 Å². The van der Waals surface area contributed by atoms with Gasteiger partial charge in [-0.2, -0.15) is 0 Å². The molecule has 1 heterocycles. The monoisotopic (exact) mass is 389 g/mol. The van der Waals surface area contributed by atoms with E-state index in [1.165, 1.54) is 12.7 Å². The SMILES string of the molecule is COC(=O)c1ccccc1NC(=O)c1cc(Nc2ccccc2C(C)C)ccn1. The molecule has 6 heteroatoms. The fourth-order valence-corrected chi connectivity index (χ4v) is 2.97. The van der Waals surface area contributed by atoms with Crippen LogP contribution in [0.5, 0.6) is 0 Å². The van der Waals surface area contributed by atoms with Crippen molar-refractivity contribution in [1.82, 2.24) is 4.98 Å². The predicted octanol–water partition coefficient (Wildman–Crippen LogP) is 4.99. The highest BCUT2D eigenvalue weighted by Crippen LogP contribution is 2.27. The van der Waals surface area contributed by atoms with E-state index in [-0.39, 0.29) is 11.3 Å². The van der Waals surface area contributed by atoms with Crippen molar-refractivity contribution in [3.8, 4) is 0 Å². The Bertz CT molecular complexity index is 1030. The number of carbonyl (C=O) groups is 2. The lowest BCUT2D eigenvalue weighted by atomic mass is 10.0. The van der Waals surface area contributed by atoms with Crippen LogP contribution in [0.1, 0.15) is 46.2 Å². The number of rotatable bonds is 6. The average molecular weight is 389 g/mol. The van der Waals surface area contributed by atoms with E-state index < -0.39 is 11.9 Å². The first kappa shape index (κ1) is 20.1. The second-order valence-electron chi connectivity index (χ2n) is 6.79. The number of carbonyl (C=O) groups excluding carboxylic acids is 2. The van der Waals surface area contributed by atoms with Gasteiger partial charge in [-0.05, 0) is 41.8 Å². The molecular formula is C23H23N3O3. The van der Waals surface area contributed by atoms with Gasteiger partial charge in [-0.1, -0.05) is 44.2 Å². The molecule has 0 atom stereocenters. The standard InChI is InChI=1S/C23H23N3O3/c1-15(2)17-8-4-6-10-19(17)25-16-12-13-24-21(14-16)22(27)26-20-11-7-5-9-18(20)23(28)29-3/h4-15H,1-3H3,(H,24,25)(H,26,27). The fraction of sp³-hybridized carbons (Fsp3) is 0.174. The highest BCUT2D eigenvalue weighted by molar-refractivity contribution is 6.07. The largest absolute Gasteiger partial charge is 0.465 e. The number of pyridine rings is 1. The minimum Gasteiger partial charge on any atom is -0.465 e. The van der Waals surface area contributed by atoms with E-state index in [1.54, 1.807) is 42.6 Å². The second-order valence-corrected chi connectivity index (χ2v) is 6.79. The summed E-state index contributed by atoms with van der Waals surface area (Å²) in [7, 11) is 1.30. The highest BCUT2D eigenvalue weighted by atomic mass is 16.5. The first-order valence-electron chi connectivity index (χ1n) is 9.30. The molecule has 3 rings (SSSR count). The number of methoxy groups -OCH3 is 1. The van der Waals surface area contributed by atoms with Crippen LogP contribution in [0.4, 0.5) is 17.1 Å². The molecular weight excluding hydrogens is 366 g/mol. The van der Waals surface area contributed by atoms with Gasteiger partial charge in [-0.3, -0.25) is 9.78 Å². The Morgan fingerprint density at radius 2 is 1.66 bits per heavy atom. The molecule has 0 spiro atoms. The average Bonchev–Trinajstić information content (AvgIpc) is 2.74. The van der Waals surface area contributed by atoms with Gasteiger partial charge in [-0.15, -0.1) is 0 Å². The zero-order valence-corrected chi connectivity index (χ0v) is 16.6. The number of nitrogens with one attached hydrogen (secondary N) is 2. The molecule has 148 valence electrons. The zero-order chi connectivity index (χ0) is 20.8. The lowest BCUT2D eigenvalue weighted by Crippen LogP contribution is -2.16. The topological polar surface area (TPSA) is 80.3 Å². The molecule has 0 aliphatic heterocycles. The molecule has 0 saturated heterocycles. The maximum absolute atomic E-state index is 12.7. The number of hydrogen-bond donors (Lipinski definition) is 2. The number of nitrogens with zero attached hydrogens (tertiary/aromatic N) is 1. The van der Waals surface area contributed by atoms with Crippen molar-refractivity contribution < 1.29 is 14.3 Å². The fourth-order valence-electron chi connectivity index (χ4n) is 2.97. The zero-order valence-electron chi connectivity index (χ0n) is 16.6. The van der Waals surface area contributed by atoms with Gasteiger partial charge >= 0.3 is 5.97 Å². The summed E-state index contributed by atoms with van der Waals surface area (Å²) in [6.45, 7) is 4.26. The summed E-state index contributed by atoms with van der Waals surface area (Å²) in [6, 6.07) is 18.2. The van der Waals surface area contributed by atoms with Crippen molar-refractivity contribution in [2.75, 3.05) is 17.7 Å². The van der Waals surface area contributed by atoms with Crippen molar-refractivity contribution in [3.05, 3.63) is 83.7 Å². The Balaban J connectivity index is 1.82. The minimum absolute atomic E-state index is 0.233. The van der Waals surface area contributed by atoms with E-state index in [4.69, 9.17) is 4.74 Å². The van der Waals surface area contributed by atoms with Gasteiger partial charge in [0.1, 0.15) is 5.69 Å². The van der Waals surface area contributed by atoms with Crippen LogP contribution in [-0.4, -0.2) is 24.0 Å². The first-order valence-corrected chi connectivity index (χ1v) is 9.30. The molecule has 1 aromatic heterocycles. The van der Waals surface area contributed by atoms with E-state index in [2.05, 4.69) is 35.5 Å². The number of aromatic nitrogens is 1. The van der Waals surface area contributed by atoms with Gasteiger partial charge in [0.2, 0.25) is 0 Å². The number of para-hydroxylation sites is 2. The van der Waals surface area contributed by atoms with E-state index in [9.17, 15) is 9.59 Å². The Labute approximate surface area is 169 Å². The minimum atomic E-state index is -0.519. The normalized spacial score (nSPS) is 10.5. The van der Waals surface area contributed by atoms with Crippen molar-refractivity contribution >= 4 is 28.9 Å². The van der Waals surface area contributed by atoms with Gasteiger partial charge in [0.05, 0.1) is 18.4 Å². The van der Waals surface area contributed by atoms with Crippen molar-refractivity contribution in [2.45, 2.75) is 19.8 Å². The van der Waals surface area contributed by atoms with Crippen molar-refractivity contribution in [2.24, 2.45) is 0 Å². The van der Waals surface area contributed by atoms with Crippen LogP contribution in [-0.2, 0) is 4.74 Å². The van der Waals surface area contributed by atoms with Crippen LogP contribution in [0.25, 0.3) is 0 Å². The van der Waals surface area contributed by atoms with Gasteiger partial charge in [0.25, 0.3) is 5.91 Å². The highest BCUT2D eigenvalue weighted by Gasteiger charge is 2.15. The van der Waals surface area contributed by atoms with E-state index in [0.717, 1.165) is 11.4 Å². The Morgan fingerprint density at radius 1 is 0.966 bits per heavy atom. The summed E-state index contributed by atoms with van der Waals surface area (Å²) in [5.74, 6) is -0.574. The molecule has 0 radical (unpaired) electrons. The van der Waals surface area contributed by atoms with Crippen LogP contribution in [0.3, 0.4) is 0 Å². The van der Waals surface area contributed by atoms with Gasteiger partial charge in [0, 0.05) is 17.6 Å². The van der Waals surface area contributed by atoms with Gasteiger partial charge in [0.15, 0.2) is 0 Å². The maximum Gasteiger partial charge on any atom is 0.339 e. The molecule has 29 heavy (non-hydrogen) atoms. The number of hydrogen-bond acceptors (Lipinski definition) is 5. The summed E-state index contributed by atoms with van der Waals surface area (Å²) in [4.78, 5) is 28.8. The predicted molar refractivity (Wildman–Crippen MR) is 114 cm³/mol. The Kier molecular flexibility index (Phi) is 6.24. The van der Waals surface area contributed by atoms with Crippen LogP contribution in [0.15, 0.2) is 66.9 Å². The van der Waals surface area contributed by atoms with Crippen molar-refractivity contribution in [3.63, 3.8) is 0 Å². The second kappa shape index (κ2) is 9.01. The third kappa shape index (κ3) is 4.79. The molecule has 0 aliphatic carbocycles. The Hall–Kier alpha value is -3.67. The van der Waals surface area contributed by atoms with Crippen LogP contribution in [0, 0.1) is 0 Å². The maximum atomic E-state index is 12.7. The summed E-state index contributed by atoms with van der Waals surface area (Å²) >= 11 is 0. The third-order valence-electron chi connectivity index (χ3n) is 4.43. The molecule has 0 fully saturated rings. The quantitative estimate of drug-likeness (QED) is 0.581. The lowest BCUT2D eigenvalue weighted by molar-refractivity contribution is 0.0602. The number of ether oxygens (including phenoxy) is 1. The van der Waals surface area contributed by atoms with Crippen LogP contribution < -0.4 is 10.6 Å². The molecule has 6 nitrogen and oxygen atoms in total. The smallest absolute Gasteiger partial charge is 0.339 e. The number of benzene rings is 2. The van der Waals surface area contributed by atoms with Crippen LogP contribution in [0.2, 0.25) is 0 Å². The van der Waals surface area contributed by atoms with E-state index in [1.807, 2.05) is 18.2 Å². The molecule has 0 unspecified atom stereocenters. The molecule has 0 bridgehead atoms. The first-order chi connectivity index (χ1) is 14.0. The molecule has 0 saturated carbocycles. The molecule has 2 N–H and O–H groups in total. The van der Waals surface area contributed by atoms with Gasteiger partial charge < -0.3 is 15.4 Å². The summed E-state index contributed by atoms with van der Waals surface area (Å²) in [5, 5.41) is 6.09. The number of amides is 1. The number of anilines is 3. The van der Waals surface area contributed by atoms with E-state index >= 15 is 0 Å². The summed E-state index contributed by atoms with van der Waals surface area (Å²) in [5.41, 5.74) is 3.80. The number of esters is 1. The Morgan fingerprint density at radius 3 is 2.38 bits per heavy atom. The van der Waals surface area contributed by atoms with Gasteiger partial charge in [-0.25, -0.2) is 4.79 Å². The third-order valence-corrected chi connectivity index (χ3v) is 4.43. The summed E-state index contributed by atoms with van der Waals surface area (Å²) in [6.07, 6.45) is 1.57.